The first kappa shape index (κ1) is 27.0. The first-order valence-corrected chi connectivity index (χ1v) is 13.6. The van der Waals surface area contributed by atoms with Crippen LogP contribution in [0.25, 0.3) is 10.9 Å². The maximum absolute atomic E-state index is 13.4. The molecule has 3 N–H and O–H groups in total. The van der Waals surface area contributed by atoms with E-state index in [-0.39, 0.29) is 24.5 Å². The third kappa shape index (κ3) is 6.19. The fourth-order valence-electron chi connectivity index (χ4n) is 4.92. The van der Waals surface area contributed by atoms with Gasteiger partial charge in [0.05, 0.1) is 24.3 Å². The normalized spacial score (nSPS) is 13.8. The molecule has 204 valence electrons. The molecule has 3 aromatic carbocycles. The van der Waals surface area contributed by atoms with Crippen LogP contribution in [0.15, 0.2) is 72.9 Å². The van der Waals surface area contributed by atoms with E-state index >= 15 is 0 Å². The number of nitrogens with one attached hydrogen (secondary N) is 2. The number of carbonyl (C=O) groups is 2. The van der Waals surface area contributed by atoms with Crippen LogP contribution < -0.4 is 15.0 Å². The van der Waals surface area contributed by atoms with E-state index in [0.717, 1.165) is 40.7 Å². The largest absolute Gasteiger partial charge is 0.490 e. The summed E-state index contributed by atoms with van der Waals surface area (Å²) in [6.45, 7) is 4.35. The van der Waals surface area contributed by atoms with Crippen LogP contribution >= 0.6 is 0 Å². The van der Waals surface area contributed by atoms with Crippen LogP contribution in [0.4, 0.5) is 5.69 Å². The van der Waals surface area contributed by atoms with Gasteiger partial charge in [-0.25, -0.2) is 0 Å². The van der Waals surface area contributed by atoms with Gasteiger partial charge in [0.1, 0.15) is 5.75 Å². The fraction of sp³-hybridized carbons (Fsp3) is 0.273. The van der Waals surface area contributed by atoms with Gasteiger partial charge in [0, 0.05) is 46.9 Å². The zero-order valence-electron chi connectivity index (χ0n) is 22.7. The molecule has 2 amide bonds. The van der Waals surface area contributed by atoms with Crippen molar-refractivity contribution in [3.05, 3.63) is 95.2 Å². The summed E-state index contributed by atoms with van der Waals surface area (Å²) in [7, 11) is 0. The number of nitrogens with zero attached hydrogens (tertiary/aromatic N) is 1. The third-order valence-electron chi connectivity index (χ3n) is 6.89. The summed E-state index contributed by atoms with van der Waals surface area (Å²) in [6.07, 6.45) is 3.75. The van der Waals surface area contributed by atoms with E-state index < -0.39 is 6.04 Å². The Morgan fingerprint density at radius 2 is 1.82 bits per heavy atom. The fourth-order valence-corrected chi connectivity index (χ4v) is 4.92. The van der Waals surface area contributed by atoms with Crippen molar-refractivity contribution in [1.82, 2.24) is 10.3 Å². The number of carbonyl (C=O) groups excluding carboxylic acids is 2. The summed E-state index contributed by atoms with van der Waals surface area (Å²) in [4.78, 5) is 30.5. The lowest BCUT2D eigenvalue weighted by Crippen LogP contribution is -2.39. The van der Waals surface area contributed by atoms with Crippen molar-refractivity contribution in [3.8, 4) is 17.6 Å². The number of aromatic amines is 1. The maximum Gasteiger partial charge on any atom is 0.255 e. The average molecular weight is 536 g/mol. The molecule has 2 heterocycles. The highest BCUT2D eigenvalue weighted by atomic mass is 16.5. The number of hydrogen-bond acceptors (Lipinski definition) is 4. The van der Waals surface area contributed by atoms with Crippen LogP contribution in [0, 0.1) is 11.8 Å². The number of aliphatic hydroxyl groups is 1. The van der Waals surface area contributed by atoms with Gasteiger partial charge < -0.3 is 25.0 Å². The molecule has 1 aromatic heterocycles. The van der Waals surface area contributed by atoms with E-state index in [1.54, 1.807) is 17.0 Å². The molecule has 0 saturated carbocycles. The molecule has 1 fully saturated rings. The van der Waals surface area contributed by atoms with Crippen LogP contribution in [0.2, 0.25) is 0 Å². The molecule has 0 unspecified atom stereocenters. The molecule has 1 aliphatic heterocycles. The molecule has 1 saturated heterocycles. The molecule has 7 heteroatoms. The number of rotatable bonds is 8. The van der Waals surface area contributed by atoms with Gasteiger partial charge >= 0.3 is 0 Å². The minimum atomic E-state index is -0.477. The van der Waals surface area contributed by atoms with E-state index in [1.807, 2.05) is 74.6 Å². The lowest BCUT2D eigenvalue weighted by atomic mass is 10.0. The first-order valence-electron chi connectivity index (χ1n) is 13.6. The monoisotopic (exact) mass is 535 g/mol. The summed E-state index contributed by atoms with van der Waals surface area (Å²) in [5, 5.41) is 14.1. The predicted molar refractivity (Wildman–Crippen MR) is 157 cm³/mol. The third-order valence-corrected chi connectivity index (χ3v) is 6.89. The molecule has 0 spiro atoms. The van der Waals surface area contributed by atoms with Crippen molar-refractivity contribution in [3.63, 3.8) is 0 Å². The van der Waals surface area contributed by atoms with Crippen LogP contribution in [-0.2, 0) is 11.2 Å². The zero-order chi connectivity index (χ0) is 28.1. The van der Waals surface area contributed by atoms with Gasteiger partial charge in [-0.1, -0.05) is 30.0 Å². The number of aromatic nitrogens is 1. The SMILES string of the molecule is CC(C)Oc1ccc(C#Cc2ccc(N3CCCC3=O)cc2)cc1C(=O)N[C@@H](CO)Cc1c[nH]c2ccccc12. The number of amides is 2. The zero-order valence-corrected chi connectivity index (χ0v) is 22.7. The standard InChI is InChI=1S/C33H33N3O4/c1-22(2)40-31-16-13-24(10-9-23-11-14-27(15-12-23)36-17-5-8-32(36)38)18-29(31)33(39)35-26(21-37)19-25-20-34-30-7-4-3-6-28(25)30/h3-4,6-7,11-16,18,20,22,26,34,37H,5,8,17,19,21H2,1-2H3,(H,35,39)/t26-/m1/s1. The van der Waals surface area contributed by atoms with Crippen LogP contribution in [0.5, 0.6) is 5.75 Å². The number of hydrogen-bond donors (Lipinski definition) is 3. The second-order valence-electron chi connectivity index (χ2n) is 10.2. The molecular weight excluding hydrogens is 502 g/mol. The summed E-state index contributed by atoms with van der Waals surface area (Å²) in [6, 6.07) is 20.4. The number of para-hydroxylation sites is 1. The maximum atomic E-state index is 13.4. The Morgan fingerprint density at radius 1 is 1.07 bits per heavy atom. The van der Waals surface area contributed by atoms with Gasteiger partial charge in [0.15, 0.2) is 0 Å². The van der Waals surface area contributed by atoms with E-state index in [2.05, 4.69) is 22.1 Å². The highest BCUT2D eigenvalue weighted by Crippen LogP contribution is 2.24. The molecule has 4 aromatic rings. The number of aliphatic hydroxyl groups excluding tert-OH is 1. The molecule has 40 heavy (non-hydrogen) atoms. The Labute approximate surface area is 234 Å². The average Bonchev–Trinajstić information content (AvgIpc) is 3.58. The Morgan fingerprint density at radius 3 is 2.55 bits per heavy atom. The number of benzene rings is 3. The Balaban J connectivity index is 1.34. The summed E-state index contributed by atoms with van der Waals surface area (Å²) in [5.41, 5.74) is 4.75. The number of ether oxygens (including phenoxy) is 1. The predicted octanol–water partition coefficient (Wildman–Crippen LogP) is 4.82. The van der Waals surface area contributed by atoms with Gasteiger partial charge in [-0.3, -0.25) is 9.59 Å². The van der Waals surface area contributed by atoms with E-state index in [9.17, 15) is 14.7 Å². The Hall–Kier alpha value is -4.54. The number of anilines is 1. The van der Waals surface area contributed by atoms with E-state index in [1.165, 1.54) is 0 Å². The minimum absolute atomic E-state index is 0.121. The second kappa shape index (κ2) is 12.1. The molecule has 0 radical (unpaired) electrons. The van der Waals surface area contributed by atoms with Gasteiger partial charge in [-0.05, 0) is 80.8 Å². The van der Waals surface area contributed by atoms with Crippen LogP contribution in [-0.4, -0.2) is 47.2 Å². The molecule has 1 atom stereocenters. The van der Waals surface area contributed by atoms with Gasteiger partial charge in [0.2, 0.25) is 5.91 Å². The molecule has 1 aliphatic rings. The lowest BCUT2D eigenvalue weighted by molar-refractivity contribution is -0.117. The van der Waals surface area contributed by atoms with Gasteiger partial charge in [-0.2, -0.15) is 0 Å². The van der Waals surface area contributed by atoms with Crippen molar-refractivity contribution >= 4 is 28.4 Å². The highest BCUT2D eigenvalue weighted by molar-refractivity contribution is 5.98. The van der Waals surface area contributed by atoms with Crippen molar-refractivity contribution in [2.75, 3.05) is 18.1 Å². The Bertz CT molecular complexity index is 1580. The second-order valence-corrected chi connectivity index (χ2v) is 10.2. The minimum Gasteiger partial charge on any atom is -0.490 e. The topological polar surface area (TPSA) is 94.7 Å². The molecule has 5 rings (SSSR count). The summed E-state index contributed by atoms with van der Waals surface area (Å²) < 4.78 is 5.92. The van der Waals surface area contributed by atoms with E-state index in [4.69, 9.17) is 4.74 Å². The van der Waals surface area contributed by atoms with Gasteiger partial charge in [0.25, 0.3) is 5.91 Å². The molecule has 7 nitrogen and oxygen atoms in total. The summed E-state index contributed by atoms with van der Waals surface area (Å²) in [5.74, 6) is 6.56. The van der Waals surface area contributed by atoms with Crippen molar-refractivity contribution in [2.45, 2.75) is 45.3 Å². The van der Waals surface area contributed by atoms with Crippen LogP contribution in [0.1, 0.15) is 53.7 Å². The first-order chi connectivity index (χ1) is 19.4. The molecular formula is C33H33N3O4. The summed E-state index contributed by atoms with van der Waals surface area (Å²) >= 11 is 0. The number of fused-ring (bicyclic) bond motifs is 1. The quantitative estimate of drug-likeness (QED) is 0.282. The van der Waals surface area contributed by atoms with Crippen molar-refractivity contribution < 1.29 is 19.4 Å². The molecule has 0 aliphatic carbocycles. The van der Waals surface area contributed by atoms with Gasteiger partial charge in [-0.15, -0.1) is 0 Å². The Kier molecular flexibility index (Phi) is 8.18. The number of H-pyrrole nitrogens is 1. The van der Waals surface area contributed by atoms with Crippen molar-refractivity contribution in [2.24, 2.45) is 0 Å². The smallest absolute Gasteiger partial charge is 0.255 e. The van der Waals surface area contributed by atoms with Crippen LogP contribution in [0.3, 0.4) is 0 Å². The van der Waals surface area contributed by atoms with Crippen molar-refractivity contribution in [1.29, 1.82) is 0 Å². The van der Waals surface area contributed by atoms with E-state index in [0.29, 0.717) is 29.7 Å². The highest BCUT2D eigenvalue weighted by Gasteiger charge is 2.22. The lowest BCUT2D eigenvalue weighted by Gasteiger charge is -2.19. The molecule has 0 bridgehead atoms.